The van der Waals surface area contributed by atoms with E-state index in [4.69, 9.17) is 9.84 Å². The van der Waals surface area contributed by atoms with E-state index >= 15 is 0 Å². The van der Waals surface area contributed by atoms with Crippen molar-refractivity contribution in [3.05, 3.63) is 18.2 Å². The van der Waals surface area contributed by atoms with E-state index in [1.807, 2.05) is 18.2 Å². The molecule has 15 heavy (non-hydrogen) atoms. The van der Waals surface area contributed by atoms with Gasteiger partial charge in [-0.15, -0.1) is 11.8 Å². The molecule has 0 spiro atoms. The Labute approximate surface area is 91.6 Å². The number of fused-ring (bicyclic) bond motifs is 1. The van der Waals surface area contributed by atoms with E-state index in [-0.39, 0.29) is 0 Å². The van der Waals surface area contributed by atoms with Gasteiger partial charge in [0.15, 0.2) is 0 Å². The number of aliphatic carboxylic acids is 1. The lowest BCUT2D eigenvalue weighted by Gasteiger charge is -2.24. The number of rotatable bonds is 2. The van der Waals surface area contributed by atoms with Crippen molar-refractivity contribution in [1.29, 1.82) is 0 Å². The second-order valence-electron chi connectivity index (χ2n) is 3.16. The van der Waals surface area contributed by atoms with Crippen LogP contribution in [0.5, 0.6) is 5.75 Å². The molecule has 1 unspecified atom stereocenters. The first-order valence-electron chi connectivity index (χ1n) is 4.52. The average Bonchev–Trinajstić information content (AvgIpc) is 2.27. The third kappa shape index (κ3) is 1.87. The van der Waals surface area contributed by atoms with Gasteiger partial charge in [0, 0.05) is 11.4 Å². The predicted octanol–water partition coefficient (Wildman–Crippen LogP) is 1.67. The SMILES string of the molecule is COc1cccc2c1NCC(C(=O)O)S2. The molecule has 1 aliphatic heterocycles. The predicted molar refractivity (Wildman–Crippen MR) is 58.8 cm³/mol. The molecule has 1 aromatic carbocycles. The quantitative estimate of drug-likeness (QED) is 0.801. The highest BCUT2D eigenvalue weighted by molar-refractivity contribution is 8.00. The fraction of sp³-hybridized carbons (Fsp3) is 0.300. The molecule has 0 aliphatic carbocycles. The highest BCUT2D eigenvalue weighted by Gasteiger charge is 2.26. The van der Waals surface area contributed by atoms with Crippen molar-refractivity contribution in [3.63, 3.8) is 0 Å². The summed E-state index contributed by atoms with van der Waals surface area (Å²) in [6.07, 6.45) is 0. The van der Waals surface area contributed by atoms with Gasteiger partial charge in [0.25, 0.3) is 0 Å². The van der Waals surface area contributed by atoms with Gasteiger partial charge in [0.1, 0.15) is 11.0 Å². The van der Waals surface area contributed by atoms with Crippen molar-refractivity contribution in [2.75, 3.05) is 19.0 Å². The lowest BCUT2D eigenvalue weighted by atomic mass is 10.2. The third-order valence-electron chi connectivity index (χ3n) is 2.22. The van der Waals surface area contributed by atoms with Crippen molar-refractivity contribution in [2.24, 2.45) is 0 Å². The molecular formula is C10H11NO3S. The Hall–Kier alpha value is -1.36. The van der Waals surface area contributed by atoms with Crippen molar-refractivity contribution in [2.45, 2.75) is 10.1 Å². The lowest BCUT2D eigenvalue weighted by Crippen LogP contribution is -2.28. The van der Waals surface area contributed by atoms with E-state index in [0.29, 0.717) is 6.54 Å². The number of hydrogen-bond acceptors (Lipinski definition) is 4. The van der Waals surface area contributed by atoms with Gasteiger partial charge in [-0.25, -0.2) is 0 Å². The van der Waals surface area contributed by atoms with Gasteiger partial charge < -0.3 is 15.2 Å². The normalized spacial score (nSPS) is 18.9. The number of carbonyl (C=O) groups is 1. The molecule has 1 atom stereocenters. The third-order valence-corrected chi connectivity index (χ3v) is 3.46. The molecule has 0 fully saturated rings. The van der Waals surface area contributed by atoms with Crippen molar-refractivity contribution >= 4 is 23.4 Å². The van der Waals surface area contributed by atoms with Gasteiger partial charge >= 0.3 is 5.97 Å². The smallest absolute Gasteiger partial charge is 0.318 e. The number of methoxy groups -OCH3 is 1. The second kappa shape index (κ2) is 4.02. The molecule has 1 aliphatic rings. The van der Waals surface area contributed by atoms with Gasteiger partial charge in [0.05, 0.1) is 12.8 Å². The van der Waals surface area contributed by atoms with Crippen LogP contribution in [0.25, 0.3) is 0 Å². The Morgan fingerprint density at radius 2 is 2.47 bits per heavy atom. The first kappa shape index (κ1) is 10.2. The van der Waals surface area contributed by atoms with E-state index in [9.17, 15) is 4.79 Å². The molecule has 2 N–H and O–H groups in total. The van der Waals surface area contributed by atoms with Crippen LogP contribution in [-0.4, -0.2) is 30.0 Å². The fourth-order valence-corrected chi connectivity index (χ4v) is 2.50. The zero-order valence-corrected chi connectivity index (χ0v) is 9.00. The van der Waals surface area contributed by atoms with Crippen molar-refractivity contribution in [3.8, 4) is 5.75 Å². The summed E-state index contributed by atoms with van der Waals surface area (Å²) in [4.78, 5) is 11.8. The number of hydrogen-bond donors (Lipinski definition) is 2. The Kier molecular flexibility index (Phi) is 2.73. The minimum atomic E-state index is -0.791. The Morgan fingerprint density at radius 3 is 3.13 bits per heavy atom. The standard InChI is InChI=1S/C10H11NO3S/c1-14-6-3-2-4-7-9(6)11-5-8(15-7)10(12)13/h2-4,8,11H,5H2,1H3,(H,12,13). The summed E-state index contributed by atoms with van der Waals surface area (Å²) < 4.78 is 5.19. The maximum atomic E-state index is 10.8. The fourth-order valence-electron chi connectivity index (χ4n) is 1.48. The molecule has 0 radical (unpaired) electrons. The number of carboxylic acid groups (broad SMARTS) is 1. The molecule has 0 amide bonds. The van der Waals surface area contributed by atoms with Crippen LogP contribution < -0.4 is 10.1 Å². The molecule has 0 saturated carbocycles. The van der Waals surface area contributed by atoms with Crippen molar-refractivity contribution in [1.82, 2.24) is 0 Å². The van der Waals surface area contributed by atoms with E-state index in [0.717, 1.165) is 16.3 Å². The van der Waals surface area contributed by atoms with Gasteiger partial charge in [-0.2, -0.15) is 0 Å². The zero-order chi connectivity index (χ0) is 10.8. The largest absolute Gasteiger partial charge is 0.495 e. The van der Waals surface area contributed by atoms with Crippen molar-refractivity contribution < 1.29 is 14.6 Å². The van der Waals surface area contributed by atoms with E-state index in [2.05, 4.69) is 5.32 Å². The molecule has 2 rings (SSSR count). The molecule has 4 nitrogen and oxygen atoms in total. The summed E-state index contributed by atoms with van der Waals surface area (Å²) in [6.45, 7) is 0.424. The topological polar surface area (TPSA) is 58.6 Å². The summed E-state index contributed by atoms with van der Waals surface area (Å²) in [5.41, 5.74) is 0.891. The first-order valence-corrected chi connectivity index (χ1v) is 5.40. The molecule has 1 aromatic rings. The number of benzene rings is 1. The van der Waals surface area contributed by atoms with Crippen LogP contribution in [-0.2, 0) is 4.79 Å². The van der Waals surface area contributed by atoms with E-state index < -0.39 is 11.2 Å². The van der Waals surface area contributed by atoms with E-state index in [1.165, 1.54) is 11.8 Å². The molecule has 5 heteroatoms. The van der Waals surface area contributed by atoms with Crippen LogP contribution in [0.1, 0.15) is 0 Å². The summed E-state index contributed by atoms with van der Waals surface area (Å²) in [5.74, 6) is -0.0372. The maximum absolute atomic E-state index is 10.8. The van der Waals surface area contributed by atoms with E-state index in [1.54, 1.807) is 7.11 Å². The van der Waals surface area contributed by atoms with Gasteiger partial charge in [-0.1, -0.05) is 6.07 Å². The van der Waals surface area contributed by atoms with Crippen LogP contribution in [0.4, 0.5) is 5.69 Å². The number of carboxylic acids is 1. The van der Waals surface area contributed by atoms with Gasteiger partial charge in [-0.3, -0.25) is 4.79 Å². The lowest BCUT2D eigenvalue weighted by molar-refractivity contribution is -0.136. The summed E-state index contributed by atoms with van der Waals surface area (Å²) in [5, 5.41) is 11.6. The number of thioether (sulfide) groups is 1. The van der Waals surface area contributed by atoms with Gasteiger partial charge in [0.2, 0.25) is 0 Å². The highest BCUT2D eigenvalue weighted by Crippen LogP contribution is 2.40. The molecular weight excluding hydrogens is 214 g/mol. The molecule has 0 saturated heterocycles. The monoisotopic (exact) mass is 225 g/mol. The summed E-state index contributed by atoms with van der Waals surface area (Å²) in [7, 11) is 1.60. The minimum Gasteiger partial charge on any atom is -0.495 e. The second-order valence-corrected chi connectivity index (χ2v) is 4.40. The van der Waals surface area contributed by atoms with Crippen LogP contribution >= 0.6 is 11.8 Å². The Balaban J connectivity index is 2.31. The minimum absolute atomic E-state index is 0.424. The number of para-hydroxylation sites is 1. The molecule has 80 valence electrons. The zero-order valence-electron chi connectivity index (χ0n) is 8.19. The van der Waals surface area contributed by atoms with Crippen LogP contribution in [0, 0.1) is 0 Å². The number of anilines is 1. The molecule has 0 bridgehead atoms. The first-order chi connectivity index (χ1) is 7.22. The highest BCUT2D eigenvalue weighted by atomic mass is 32.2. The van der Waals surface area contributed by atoms with Crippen LogP contribution in [0.2, 0.25) is 0 Å². The Bertz CT molecular complexity index is 394. The van der Waals surface area contributed by atoms with Crippen LogP contribution in [0.15, 0.2) is 23.1 Å². The average molecular weight is 225 g/mol. The Morgan fingerprint density at radius 1 is 1.67 bits per heavy atom. The summed E-state index contributed by atoms with van der Waals surface area (Å²) in [6, 6.07) is 5.61. The molecule has 0 aromatic heterocycles. The summed E-state index contributed by atoms with van der Waals surface area (Å²) >= 11 is 1.35. The number of ether oxygens (including phenoxy) is 1. The van der Waals surface area contributed by atoms with Gasteiger partial charge in [-0.05, 0) is 12.1 Å². The van der Waals surface area contributed by atoms with Crippen LogP contribution in [0.3, 0.4) is 0 Å². The number of nitrogens with one attached hydrogen (secondary N) is 1. The molecule has 1 heterocycles. The maximum Gasteiger partial charge on any atom is 0.318 e.